The molecule has 0 spiro atoms. The van der Waals surface area contributed by atoms with Crippen LogP contribution in [0.4, 0.5) is 0 Å². The van der Waals surface area contributed by atoms with Crippen LogP contribution in [-0.2, 0) is 11.2 Å². The summed E-state index contributed by atoms with van der Waals surface area (Å²) in [5.74, 6) is 2.15. The van der Waals surface area contributed by atoms with Gasteiger partial charge in [0.25, 0.3) is 0 Å². The van der Waals surface area contributed by atoms with Crippen LogP contribution >= 0.6 is 11.8 Å². The van der Waals surface area contributed by atoms with E-state index in [4.69, 9.17) is 5.73 Å². The van der Waals surface area contributed by atoms with Crippen LogP contribution in [0, 0.1) is 0 Å². The maximum absolute atomic E-state index is 12.1. The first-order valence-electron chi connectivity index (χ1n) is 5.93. The van der Waals surface area contributed by atoms with E-state index in [1.165, 1.54) is 0 Å². The Hall–Kier alpha value is -1.00. The predicted octanol–water partition coefficient (Wildman–Crippen LogP) is 1.13. The minimum absolute atomic E-state index is 0.0918. The highest BCUT2D eigenvalue weighted by Gasteiger charge is 2.22. The number of rotatable bonds is 3. The lowest BCUT2D eigenvalue weighted by atomic mass is 10.1. The van der Waals surface area contributed by atoms with E-state index in [9.17, 15) is 4.79 Å². The lowest BCUT2D eigenvalue weighted by molar-refractivity contribution is -0.132. The molecule has 1 saturated heterocycles. The van der Waals surface area contributed by atoms with Crippen LogP contribution in [0.15, 0.2) is 30.3 Å². The molecule has 1 fully saturated rings. The fourth-order valence-corrected chi connectivity index (χ4v) is 2.88. The molecule has 4 heteroatoms. The molecule has 1 aromatic carbocycles. The summed E-state index contributed by atoms with van der Waals surface area (Å²) in [6, 6.07) is 9.55. The molecular formula is C13H18N2OS. The third-order valence-corrected chi connectivity index (χ3v) is 3.88. The summed E-state index contributed by atoms with van der Waals surface area (Å²) in [5.41, 5.74) is 7.11. The lowest BCUT2D eigenvalue weighted by Gasteiger charge is -2.28. The number of carbonyl (C=O) groups is 1. The van der Waals surface area contributed by atoms with Crippen LogP contribution in [0.3, 0.4) is 0 Å². The lowest BCUT2D eigenvalue weighted by Crippen LogP contribution is -2.48. The second kappa shape index (κ2) is 6.07. The summed E-state index contributed by atoms with van der Waals surface area (Å²) in [5, 5.41) is 0. The molecule has 1 atom stereocenters. The molecule has 1 aromatic rings. The van der Waals surface area contributed by atoms with Crippen molar-refractivity contribution in [3.63, 3.8) is 0 Å². The number of thioether (sulfide) groups is 1. The van der Waals surface area contributed by atoms with Crippen molar-refractivity contribution in [3.05, 3.63) is 35.9 Å². The van der Waals surface area contributed by atoms with Gasteiger partial charge in [-0.1, -0.05) is 30.3 Å². The number of nitrogens with two attached hydrogens (primary N) is 1. The Bertz CT molecular complexity index is 363. The summed E-state index contributed by atoms with van der Waals surface area (Å²) in [6.07, 6.45) is 0.628. The number of nitrogens with zero attached hydrogens (tertiary/aromatic N) is 1. The van der Waals surface area contributed by atoms with E-state index in [1.54, 1.807) is 0 Å². The monoisotopic (exact) mass is 250 g/mol. The van der Waals surface area contributed by atoms with Crippen LogP contribution in [0.5, 0.6) is 0 Å². The highest BCUT2D eigenvalue weighted by atomic mass is 32.2. The van der Waals surface area contributed by atoms with Gasteiger partial charge in [-0.2, -0.15) is 11.8 Å². The Labute approximate surface area is 106 Å². The van der Waals surface area contributed by atoms with Crippen molar-refractivity contribution in [3.8, 4) is 0 Å². The van der Waals surface area contributed by atoms with E-state index in [1.807, 2.05) is 47.0 Å². The van der Waals surface area contributed by atoms with Crippen molar-refractivity contribution >= 4 is 17.7 Å². The zero-order valence-corrected chi connectivity index (χ0v) is 10.7. The first kappa shape index (κ1) is 12.5. The number of carbonyl (C=O) groups excluding carboxylic acids is 1. The van der Waals surface area contributed by atoms with Crippen molar-refractivity contribution in [1.29, 1.82) is 0 Å². The summed E-state index contributed by atoms with van der Waals surface area (Å²) in [6.45, 7) is 1.68. The van der Waals surface area contributed by atoms with Crippen LogP contribution in [0.25, 0.3) is 0 Å². The molecule has 0 radical (unpaired) electrons. The SMILES string of the molecule is N[C@@H](Cc1ccccc1)C(=O)N1CCSCC1. The zero-order valence-electron chi connectivity index (χ0n) is 9.84. The van der Waals surface area contributed by atoms with Gasteiger partial charge in [0.15, 0.2) is 0 Å². The molecule has 3 nitrogen and oxygen atoms in total. The van der Waals surface area contributed by atoms with Gasteiger partial charge in [-0.25, -0.2) is 0 Å². The van der Waals surface area contributed by atoms with Crippen molar-refractivity contribution in [2.45, 2.75) is 12.5 Å². The fourth-order valence-electron chi connectivity index (χ4n) is 1.97. The smallest absolute Gasteiger partial charge is 0.239 e. The second-order valence-corrected chi connectivity index (χ2v) is 5.46. The Morgan fingerprint density at radius 1 is 1.29 bits per heavy atom. The van der Waals surface area contributed by atoms with Crippen LogP contribution in [0.1, 0.15) is 5.56 Å². The van der Waals surface area contributed by atoms with Crippen molar-refractivity contribution in [2.75, 3.05) is 24.6 Å². The van der Waals surface area contributed by atoms with Crippen molar-refractivity contribution < 1.29 is 4.79 Å². The number of hydrogen-bond donors (Lipinski definition) is 1. The molecule has 2 N–H and O–H groups in total. The molecule has 1 aliphatic heterocycles. The predicted molar refractivity (Wildman–Crippen MR) is 72.0 cm³/mol. The summed E-state index contributed by atoms with van der Waals surface area (Å²) >= 11 is 1.90. The van der Waals surface area contributed by atoms with Gasteiger partial charge in [0.05, 0.1) is 6.04 Å². The molecule has 0 aromatic heterocycles. The number of benzene rings is 1. The van der Waals surface area contributed by atoms with Gasteiger partial charge in [-0.05, 0) is 12.0 Å². The molecule has 1 aliphatic rings. The Morgan fingerprint density at radius 3 is 2.59 bits per heavy atom. The molecule has 2 rings (SSSR count). The average Bonchev–Trinajstić information content (AvgIpc) is 2.40. The Kier molecular flexibility index (Phi) is 4.45. The van der Waals surface area contributed by atoms with Crippen molar-refractivity contribution in [1.82, 2.24) is 4.90 Å². The van der Waals surface area contributed by atoms with E-state index in [-0.39, 0.29) is 5.91 Å². The number of hydrogen-bond acceptors (Lipinski definition) is 3. The normalized spacial score (nSPS) is 17.8. The van der Waals surface area contributed by atoms with Crippen molar-refractivity contribution in [2.24, 2.45) is 5.73 Å². The Balaban J connectivity index is 1.90. The van der Waals surface area contributed by atoms with Gasteiger partial charge in [0.2, 0.25) is 5.91 Å². The molecule has 17 heavy (non-hydrogen) atoms. The summed E-state index contributed by atoms with van der Waals surface area (Å²) in [4.78, 5) is 14.0. The molecule has 92 valence electrons. The summed E-state index contributed by atoms with van der Waals surface area (Å²) in [7, 11) is 0. The van der Waals surface area contributed by atoms with E-state index in [0.29, 0.717) is 6.42 Å². The standard InChI is InChI=1S/C13H18N2OS/c14-12(10-11-4-2-1-3-5-11)13(16)15-6-8-17-9-7-15/h1-5,12H,6-10,14H2/t12-/m0/s1. The molecule has 1 heterocycles. The molecule has 0 aliphatic carbocycles. The third kappa shape index (κ3) is 3.48. The maximum Gasteiger partial charge on any atom is 0.239 e. The summed E-state index contributed by atoms with van der Waals surface area (Å²) < 4.78 is 0. The maximum atomic E-state index is 12.1. The molecule has 0 saturated carbocycles. The second-order valence-electron chi connectivity index (χ2n) is 4.23. The zero-order chi connectivity index (χ0) is 12.1. The van der Waals surface area contributed by atoms with Gasteiger partial charge >= 0.3 is 0 Å². The quantitative estimate of drug-likeness (QED) is 0.875. The third-order valence-electron chi connectivity index (χ3n) is 2.94. The largest absolute Gasteiger partial charge is 0.340 e. The van der Waals surface area contributed by atoms with Gasteiger partial charge in [-0.15, -0.1) is 0 Å². The van der Waals surface area contributed by atoms with E-state index < -0.39 is 6.04 Å². The highest BCUT2D eigenvalue weighted by molar-refractivity contribution is 7.99. The average molecular weight is 250 g/mol. The van der Waals surface area contributed by atoms with Crippen LogP contribution in [0.2, 0.25) is 0 Å². The van der Waals surface area contributed by atoms with Gasteiger partial charge in [-0.3, -0.25) is 4.79 Å². The molecule has 0 unspecified atom stereocenters. The van der Waals surface area contributed by atoms with E-state index in [0.717, 1.165) is 30.2 Å². The molecule has 1 amide bonds. The van der Waals surface area contributed by atoms with E-state index in [2.05, 4.69) is 0 Å². The van der Waals surface area contributed by atoms with E-state index >= 15 is 0 Å². The fraction of sp³-hybridized carbons (Fsp3) is 0.462. The van der Waals surface area contributed by atoms with Crippen LogP contribution < -0.4 is 5.73 Å². The molecular weight excluding hydrogens is 232 g/mol. The minimum Gasteiger partial charge on any atom is -0.340 e. The Morgan fingerprint density at radius 2 is 1.94 bits per heavy atom. The minimum atomic E-state index is -0.402. The first-order chi connectivity index (χ1) is 8.27. The number of amides is 1. The van der Waals surface area contributed by atoms with Gasteiger partial charge in [0, 0.05) is 24.6 Å². The topological polar surface area (TPSA) is 46.3 Å². The highest BCUT2D eigenvalue weighted by Crippen LogP contribution is 2.11. The van der Waals surface area contributed by atoms with Gasteiger partial charge < -0.3 is 10.6 Å². The molecule has 0 bridgehead atoms. The van der Waals surface area contributed by atoms with Crippen LogP contribution in [-0.4, -0.2) is 41.4 Å². The first-order valence-corrected chi connectivity index (χ1v) is 7.09. The van der Waals surface area contributed by atoms with Gasteiger partial charge in [0.1, 0.15) is 0 Å².